The molecule has 1 atom stereocenters. The molecule has 1 aliphatic heterocycles. The summed E-state index contributed by atoms with van der Waals surface area (Å²) < 4.78 is 16.0. The van der Waals surface area contributed by atoms with Gasteiger partial charge < -0.3 is 19.6 Å². The van der Waals surface area contributed by atoms with Crippen molar-refractivity contribution in [2.24, 2.45) is 5.73 Å². The fourth-order valence-corrected chi connectivity index (χ4v) is 1.55. The maximum Gasteiger partial charge on any atom is 0.393 e. The number of oxazole rings is 1. The number of ether oxygens (including phenoxy) is 2. The van der Waals surface area contributed by atoms with Gasteiger partial charge in [0.05, 0.1) is 11.8 Å². The Morgan fingerprint density at radius 3 is 3.13 bits per heavy atom. The van der Waals surface area contributed by atoms with Gasteiger partial charge in [-0.25, -0.2) is 0 Å². The predicted molar refractivity (Wildman–Crippen MR) is 53.5 cm³/mol. The third-order valence-electron chi connectivity index (χ3n) is 2.41. The highest BCUT2D eigenvalue weighted by Crippen LogP contribution is 2.15. The number of aromatic nitrogens is 1. The van der Waals surface area contributed by atoms with Crippen LogP contribution in [0.5, 0.6) is 6.08 Å². The van der Waals surface area contributed by atoms with E-state index in [4.69, 9.17) is 19.6 Å². The van der Waals surface area contributed by atoms with E-state index in [2.05, 4.69) is 4.98 Å². The Morgan fingerprint density at radius 2 is 2.47 bits per heavy atom. The molecule has 0 aliphatic carbocycles. The molecule has 2 heterocycles. The molecule has 1 fully saturated rings. The van der Waals surface area contributed by atoms with E-state index < -0.39 is 0 Å². The van der Waals surface area contributed by atoms with E-state index in [1.54, 1.807) is 0 Å². The summed E-state index contributed by atoms with van der Waals surface area (Å²) >= 11 is 0. The first kappa shape index (κ1) is 10.4. The van der Waals surface area contributed by atoms with Crippen molar-refractivity contribution in [1.82, 2.24) is 4.98 Å². The minimum atomic E-state index is 0.173. The Morgan fingerprint density at radius 1 is 1.53 bits per heavy atom. The summed E-state index contributed by atoms with van der Waals surface area (Å²) in [4.78, 5) is 4.04. The van der Waals surface area contributed by atoms with Crippen LogP contribution in [0.25, 0.3) is 0 Å². The molecule has 0 amide bonds. The van der Waals surface area contributed by atoms with Gasteiger partial charge in [-0.2, -0.15) is 4.98 Å². The van der Waals surface area contributed by atoms with Crippen LogP contribution in [0.15, 0.2) is 10.7 Å². The number of nitrogens with zero attached hydrogens (tertiary/aromatic N) is 1. The largest absolute Gasteiger partial charge is 0.447 e. The molecule has 84 valence electrons. The van der Waals surface area contributed by atoms with Crippen LogP contribution in [0.4, 0.5) is 0 Å². The van der Waals surface area contributed by atoms with Crippen LogP contribution >= 0.6 is 0 Å². The van der Waals surface area contributed by atoms with Crippen LogP contribution < -0.4 is 10.5 Å². The third-order valence-corrected chi connectivity index (χ3v) is 2.41. The third kappa shape index (κ3) is 2.94. The number of nitrogens with two attached hydrogens (primary N) is 1. The fraction of sp³-hybridized carbons (Fsp3) is 0.700. The van der Waals surface area contributed by atoms with Crippen molar-refractivity contribution in [3.8, 4) is 6.08 Å². The zero-order chi connectivity index (χ0) is 10.5. The lowest BCUT2D eigenvalue weighted by molar-refractivity contribution is -0.0167. The predicted octanol–water partition coefficient (Wildman–Crippen LogP) is 1.08. The second kappa shape index (κ2) is 5.14. The molecule has 0 radical (unpaired) electrons. The van der Waals surface area contributed by atoms with Crippen LogP contribution in [-0.4, -0.2) is 24.3 Å². The molecular formula is C10H16N2O3. The van der Waals surface area contributed by atoms with Crippen LogP contribution in [0.3, 0.4) is 0 Å². The van der Waals surface area contributed by atoms with Crippen LogP contribution in [0.1, 0.15) is 25.0 Å². The Balaban J connectivity index is 1.76. The molecule has 5 nitrogen and oxygen atoms in total. The molecule has 0 saturated carbocycles. The maximum absolute atomic E-state index is 5.51. The zero-order valence-corrected chi connectivity index (χ0v) is 8.65. The molecule has 1 aliphatic rings. The Labute approximate surface area is 88.6 Å². The molecule has 15 heavy (non-hydrogen) atoms. The van der Waals surface area contributed by atoms with Crippen LogP contribution in [0, 0.1) is 0 Å². The van der Waals surface area contributed by atoms with E-state index in [0.717, 1.165) is 19.4 Å². The van der Waals surface area contributed by atoms with Crippen molar-refractivity contribution in [3.05, 3.63) is 12.0 Å². The van der Waals surface area contributed by atoms with Crippen molar-refractivity contribution in [2.75, 3.05) is 13.2 Å². The molecule has 1 aromatic heterocycles. The molecule has 2 rings (SSSR count). The van der Waals surface area contributed by atoms with Gasteiger partial charge in [-0.05, 0) is 19.3 Å². The Bertz CT molecular complexity index is 295. The van der Waals surface area contributed by atoms with Gasteiger partial charge >= 0.3 is 6.08 Å². The second-order valence-electron chi connectivity index (χ2n) is 3.61. The summed E-state index contributed by atoms with van der Waals surface area (Å²) in [6.45, 7) is 1.70. The SMILES string of the molecule is NCc1coc(OCC2CCCCO2)n1. The summed E-state index contributed by atoms with van der Waals surface area (Å²) in [5.41, 5.74) is 6.10. The summed E-state index contributed by atoms with van der Waals surface area (Å²) in [6.07, 6.45) is 5.36. The zero-order valence-electron chi connectivity index (χ0n) is 8.65. The lowest BCUT2D eigenvalue weighted by Gasteiger charge is -2.21. The Hall–Kier alpha value is -1.07. The molecule has 2 N–H and O–H groups in total. The Kier molecular flexibility index (Phi) is 3.58. The minimum absolute atomic E-state index is 0.173. The van der Waals surface area contributed by atoms with Gasteiger partial charge in [-0.1, -0.05) is 0 Å². The lowest BCUT2D eigenvalue weighted by Crippen LogP contribution is -2.25. The molecule has 5 heteroatoms. The maximum atomic E-state index is 5.51. The van der Waals surface area contributed by atoms with Gasteiger partial charge in [0.1, 0.15) is 12.9 Å². The highest BCUT2D eigenvalue weighted by molar-refractivity contribution is 4.98. The fourth-order valence-electron chi connectivity index (χ4n) is 1.55. The van der Waals surface area contributed by atoms with Gasteiger partial charge in [0.25, 0.3) is 0 Å². The van der Waals surface area contributed by atoms with Gasteiger partial charge in [0.15, 0.2) is 0 Å². The standard InChI is InChI=1S/C10H16N2O3/c11-5-8-6-14-10(12-8)15-7-9-3-1-2-4-13-9/h6,9H,1-5,7,11H2. The average molecular weight is 212 g/mol. The van der Waals surface area contributed by atoms with E-state index in [-0.39, 0.29) is 12.2 Å². The molecular weight excluding hydrogens is 196 g/mol. The highest BCUT2D eigenvalue weighted by Gasteiger charge is 2.15. The van der Waals surface area contributed by atoms with E-state index in [0.29, 0.717) is 18.8 Å². The molecule has 1 aromatic rings. The smallest absolute Gasteiger partial charge is 0.393 e. The minimum Gasteiger partial charge on any atom is -0.447 e. The number of rotatable bonds is 4. The molecule has 0 spiro atoms. The van der Waals surface area contributed by atoms with Gasteiger partial charge in [0.2, 0.25) is 0 Å². The number of hydrogen-bond acceptors (Lipinski definition) is 5. The normalized spacial score (nSPS) is 21.5. The summed E-state index contributed by atoms with van der Waals surface area (Å²) in [5, 5.41) is 0. The van der Waals surface area contributed by atoms with Gasteiger partial charge in [0, 0.05) is 13.2 Å². The highest BCUT2D eigenvalue weighted by atomic mass is 16.6. The van der Waals surface area contributed by atoms with E-state index >= 15 is 0 Å². The summed E-state index contributed by atoms with van der Waals surface area (Å²) in [7, 11) is 0. The van der Waals surface area contributed by atoms with E-state index in [9.17, 15) is 0 Å². The summed E-state index contributed by atoms with van der Waals surface area (Å²) in [5.74, 6) is 0. The summed E-state index contributed by atoms with van der Waals surface area (Å²) in [6, 6.07) is 0. The molecule has 0 aromatic carbocycles. The lowest BCUT2D eigenvalue weighted by atomic mass is 10.1. The quantitative estimate of drug-likeness (QED) is 0.808. The van der Waals surface area contributed by atoms with Gasteiger partial charge in [-0.3, -0.25) is 0 Å². The first-order chi connectivity index (χ1) is 7.38. The topological polar surface area (TPSA) is 70.5 Å². The van der Waals surface area contributed by atoms with Gasteiger partial charge in [-0.15, -0.1) is 0 Å². The first-order valence-electron chi connectivity index (χ1n) is 5.27. The van der Waals surface area contributed by atoms with Crippen molar-refractivity contribution >= 4 is 0 Å². The number of hydrogen-bond donors (Lipinski definition) is 1. The van der Waals surface area contributed by atoms with Crippen molar-refractivity contribution in [1.29, 1.82) is 0 Å². The molecule has 1 saturated heterocycles. The van der Waals surface area contributed by atoms with Crippen LogP contribution in [-0.2, 0) is 11.3 Å². The first-order valence-corrected chi connectivity index (χ1v) is 5.27. The molecule has 1 unspecified atom stereocenters. The van der Waals surface area contributed by atoms with E-state index in [1.165, 1.54) is 12.7 Å². The monoisotopic (exact) mass is 212 g/mol. The molecule has 0 bridgehead atoms. The van der Waals surface area contributed by atoms with E-state index in [1.807, 2.05) is 0 Å². The van der Waals surface area contributed by atoms with Crippen LogP contribution in [0.2, 0.25) is 0 Å². The average Bonchev–Trinajstić information content (AvgIpc) is 2.76. The van der Waals surface area contributed by atoms with Crippen molar-refractivity contribution in [3.63, 3.8) is 0 Å². The van der Waals surface area contributed by atoms with Crippen molar-refractivity contribution < 1.29 is 13.9 Å². The van der Waals surface area contributed by atoms with Crippen molar-refractivity contribution in [2.45, 2.75) is 31.9 Å². The second-order valence-corrected chi connectivity index (χ2v) is 3.61.